The second-order valence-corrected chi connectivity index (χ2v) is 4.74. The minimum atomic E-state index is 0.307. The van der Waals surface area contributed by atoms with Crippen molar-refractivity contribution in [2.45, 2.75) is 58.9 Å². The van der Waals surface area contributed by atoms with Gasteiger partial charge in [-0.3, -0.25) is 0 Å². The van der Waals surface area contributed by atoms with E-state index >= 15 is 0 Å². The summed E-state index contributed by atoms with van der Waals surface area (Å²) in [5.74, 6) is 1.10. The van der Waals surface area contributed by atoms with Gasteiger partial charge in [-0.05, 0) is 25.3 Å². The third-order valence-corrected chi connectivity index (χ3v) is 2.72. The number of rotatable bonds is 9. The maximum atomic E-state index is 8.49. The molecule has 1 atom stereocenters. The highest BCUT2D eigenvalue weighted by Gasteiger charge is 2.07. The van der Waals surface area contributed by atoms with Gasteiger partial charge in [0.2, 0.25) is 0 Å². The largest absolute Gasteiger partial charge is 0.409 e. The molecule has 0 radical (unpaired) electrons. The highest BCUT2D eigenvalue weighted by molar-refractivity contribution is 5.80. The van der Waals surface area contributed by atoms with Gasteiger partial charge in [0.1, 0.15) is 5.84 Å². The highest BCUT2D eigenvalue weighted by Crippen LogP contribution is 2.06. The van der Waals surface area contributed by atoms with Gasteiger partial charge in [0, 0.05) is 12.5 Å². The molecular weight excluding hydrogens is 202 g/mol. The van der Waals surface area contributed by atoms with Gasteiger partial charge in [-0.2, -0.15) is 0 Å². The van der Waals surface area contributed by atoms with E-state index < -0.39 is 0 Å². The first-order chi connectivity index (χ1) is 7.60. The van der Waals surface area contributed by atoms with Crippen LogP contribution in [0.5, 0.6) is 0 Å². The predicted molar refractivity (Wildman–Crippen MR) is 68.8 cm³/mol. The van der Waals surface area contributed by atoms with Crippen LogP contribution < -0.4 is 11.1 Å². The number of hydrogen-bond acceptors (Lipinski definition) is 3. The Morgan fingerprint density at radius 3 is 2.56 bits per heavy atom. The number of amidine groups is 1. The first kappa shape index (κ1) is 15.2. The van der Waals surface area contributed by atoms with E-state index in [2.05, 4.69) is 31.2 Å². The molecule has 0 bridgehead atoms. The van der Waals surface area contributed by atoms with Crippen LogP contribution in [0, 0.1) is 5.92 Å². The quantitative estimate of drug-likeness (QED) is 0.187. The maximum Gasteiger partial charge on any atom is 0.140 e. The number of hydrogen-bond donors (Lipinski definition) is 3. The van der Waals surface area contributed by atoms with E-state index in [1.54, 1.807) is 0 Å². The SMILES string of the molecule is CCC(CC(N)=NO)NCCCCC(C)C. The molecule has 0 aliphatic rings. The molecule has 0 amide bonds. The van der Waals surface area contributed by atoms with Crippen LogP contribution in [-0.4, -0.2) is 23.6 Å². The summed E-state index contributed by atoms with van der Waals surface area (Å²) in [6.07, 6.45) is 5.38. The number of nitrogens with one attached hydrogen (secondary N) is 1. The topological polar surface area (TPSA) is 70.6 Å². The van der Waals surface area contributed by atoms with Crippen LogP contribution in [0.3, 0.4) is 0 Å². The summed E-state index contributed by atoms with van der Waals surface area (Å²) in [5, 5.41) is 14.9. The van der Waals surface area contributed by atoms with E-state index in [4.69, 9.17) is 10.9 Å². The molecule has 0 aromatic carbocycles. The number of unbranched alkanes of at least 4 members (excludes halogenated alkanes) is 1. The Labute approximate surface area is 99.3 Å². The molecule has 0 fully saturated rings. The molecule has 0 aliphatic carbocycles. The van der Waals surface area contributed by atoms with Crippen molar-refractivity contribution in [3.63, 3.8) is 0 Å². The lowest BCUT2D eigenvalue weighted by Gasteiger charge is -2.16. The molecule has 4 nitrogen and oxygen atoms in total. The fraction of sp³-hybridized carbons (Fsp3) is 0.917. The summed E-state index contributed by atoms with van der Waals surface area (Å²) in [7, 11) is 0. The van der Waals surface area contributed by atoms with Crippen molar-refractivity contribution in [1.82, 2.24) is 5.32 Å². The van der Waals surface area contributed by atoms with E-state index in [9.17, 15) is 0 Å². The summed E-state index contributed by atoms with van der Waals surface area (Å²) in [4.78, 5) is 0. The third kappa shape index (κ3) is 8.53. The molecule has 0 saturated heterocycles. The van der Waals surface area contributed by atoms with Crippen LogP contribution in [0.15, 0.2) is 5.16 Å². The highest BCUT2D eigenvalue weighted by atomic mass is 16.4. The van der Waals surface area contributed by atoms with E-state index in [1.165, 1.54) is 19.3 Å². The van der Waals surface area contributed by atoms with Gasteiger partial charge in [-0.25, -0.2) is 0 Å². The zero-order valence-electron chi connectivity index (χ0n) is 10.9. The van der Waals surface area contributed by atoms with Crippen LogP contribution in [0.4, 0.5) is 0 Å². The van der Waals surface area contributed by atoms with Gasteiger partial charge in [-0.1, -0.05) is 38.8 Å². The monoisotopic (exact) mass is 229 g/mol. The van der Waals surface area contributed by atoms with E-state index in [-0.39, 0.29) is 0 Å². The fourth-order valence-electron chi connectivity index (χ4n) is 1.64. The van der Waals surface area contributed by atoms with Crippen LogP contribution in [-0.2, 0) is 0 Å². The lowest BCUT2D eigenvalue weighted by atomic mass is 10.1. The molecule has 1 unspecified atom stereocenters. The van der Waals surface area contributed by atoms with Crippen molar-refractivity contribution < 1.29 is 5.21 Å². The van der Waals surface area contributed by atoms with Gasteiger partial charge < -0.3 is 16.3 Å². The Morgan fingerprint density at radius 2 is 2.06 bits per heavy atom. The second kappa shape index (κ2) is 9.46. The molecular formula is C12H27N3O. The summed E-state index contributed by atoms with van der Waals surface area (Å²) in [6, 6.07) is 0.329. The molecule has 4 heteroatoms. The molecule has 0 aliphatic heterocycles. The number of oxime groups is 1. The fourth-order valence-corrected chi connectivity index (χ4v) is 1.64. The van der Waals surface area contributed by atoms with Gasteiger partial charge in [0.25, 0.3) is 0 Å². The summed E-state index contributed by atoms with van der Waals surface area (Å²) < 4.78 is 0. The molecule has 16 heavy (non-hydrogen) atoms. The standard InChI is InChI=1S/C12H27N3O/c1-4-11(9-12(13)15-16)14-8-6-5-7-10(2)3/h10-11,14,16H,4-9H2,1-3H3,(H2,13,15). The average molecular weight is 229 g/mol. The lowest BCUT2D eigenvalue weighted by molar-refractivity contribution is 0.315. The average Bonchev–Trinajstić information content (AvgIpc) is 2.26. The first-order valence-electron chi connectivity index (χ1n) is 6.29. The normalized spacial score (nSPS) is 14.4. The Kier molecular flexibility index (Phi) is 9.00. The Hall–Kier alpha value is -0.770. The van der Waals surface area contributed by atoms with E-state index in [1.807, 2.05) is 0 Å². The summed E-state index contributed by atoms with van der Waals surface area (Å²) >= 11 is 0. The molecule has 0 spiro atoms. The van der Waals surface area contributed by atoms with E-state index in [0.29, 0.717) is 18.3 Å². The van der Waals surface area contributed by atoms with Crippen LogP contribution in [0.25, 0.3) is 0 Å². The zero-order valence-corrected chi connectivity index (χ0v) is 10.9. The first-order valence-corrected chi connectivity index (χ1v) is 6.29. The lowest BCUT2D eigenvalue weighted by Crippen LogP contribution is -2.33. The summed E-state index contributed by atoms with van der Waals surface area (Å²) in [5.41, 5.74) is 5.48. The molecule has 96 valence electrons. The smallest absolute Gasteiger partial charge is 0.140 e. The second-order valence-electron chi connectivity index (χ2n) is 4.74. The van der Waals surface area contributed by atoms with Crippen molar-refractivity contribution in [3.05, 3.63) is 0 Å². The molecule has 0 heterocycles. The van der Waals surface area contributed by atoms with Gasteiger partial charge >= 0.3 is 0 Å². The molecule has 0 aromatic heterocycles. The van der Waals surface area contributed by atoms with Crippen LogP contribution >= 0.6 is 0 Å². The van der Waals surface area contributed by atoms with Crippen LogP contribution in [0.1, 0.15) is 52.9 Å². The third-order valence-electron chi connectivity index (χ3n) is 2.72. The van der Waals surface area contributed by atoms with Crippen molar-refractivity contribution in [1.29, 1.82) is 0 Å². The molecule has 0 saturated carbocycles. The van der Waals surface area contributed by atoms with E-state index in [0.717, 1.165) is 18.9 Å². The Balaban J connectivity index is 3.55. The van der Waals surface area contributed by atoms with Crippen molar-refractivity contribution >= 4 is 5.84 Å². The molecule has 0 aromatic rings. The maximum absolute atomic E-state index is 8.49. The number of nitrogens with zero attached hydrogens (tertiary/aromatic N) is 1. The van der Waals surface area contributed by atoms with Crippen molar-refractivity contribution in [3.8, 4) is 0 Å². The Bertz CT molecular complexity index is 193. The van der Waals surface area contributed by atoms with Crippen molar-refractivity contribution in [2.75, 3.05) is 6.54 Å². The van der Waals surface area contributed by atoms with Crippen LogP contribution in [0.2, 0.25) is 0 Å². The molecule has 0 rings (SSSR count). The van der Waals surface area contributed by atoms with Crippen molar-refractivity contribution in [2.24, 2.45) is 16.8 Å². The minimum Gasteiger partial charge on any atom is -0.409 e. The molecule has 4 N–H and O–H groups in total. The van der Waals surface area contributed by atoms with Gasteiger partial charge in [0.05, 0.1) is 0 Å². The predicted octanol–water partition coefficient (Wildman–Crippen LogP) is 2.32. The number of nitrogens with two attached hydrogens (primary N) is 1. The minimum absolute atomic E-state index is 0.307. The summed E-state index contributed by atoms with van der Waals surface area (Å²) in [6.45, 7) is 7.63. The zero-order chi connectivity index (χ0) is 12.4. The van der Waals surface area contributed by atoms with Gasteiger partial charge in [-0.15, -0.1) is 0 Å². The Morgan fingerprint density at radius 1 is 1.38 bits per heavy atom. The van der Waals surface area contributed by atoms with Gasteiger partial charge in [0.15, 0.2) is 0 Å².